The minimum atomic E-state index is 0.487. The van der Waals surface area contributed by atoms with E-state index in [1.807, 2.05) is 25.1 Å². The van der Waals surface area contributed by atoms with Crippen molar-refractivity contribution in [1.82, 2.24) is 14.9 Å². The van der Waals surface area contributed by atoms with Gasteiger partial charge >= 0.3 is 0 Å². The van der Waals surface area contributed by atoms with Crippen molar-refractivity contribution in [1.29, 1.82) is 0 Å². The summed E-state index contributed by atoms with van der Waals surface area (Å²) in [4.78, 5) is 0. The Hall–Kier alpha value is -1.47. The molecular weight excluding hydrogens is 328 g/mol. The zero-order valence-corrected chi connectivity index (χ0v) is 13.0. The predicted octanol–water partition coefficient (Wildman–Crippen LogP) is 3.16. The highest BCUT2D eigenvalue weighted by Gasteiger charge is 2.02. The van der Waals surface area contributed by atoms with Gasteiger partial charge in [-0.1, -0.05) is 6.92 Å². The molecule has 0 aliphatic rings. The second-order valence-electron chi connectivity index (χ2n) is 3.75. The lowest BCUT2D eigenvalue weighted by Gasteiger charge is -2.03. The molecule has 0 saturated carbocycles. The molecule has 19 heavy (non-hydrogen) atoms. The van der Waals surface area contributed by atoms with Gasteiger partial charge in [0.2, 0.25) is 4.77 Å². The normalized spacial score (nSPS) is 11.1. The smallest absolute Gasteiger partial charge is 0.216 e. The van der Waals surface area contributed by atoms with Gasteiger partial charge in [-0.3, -0.25) is 5.10 Å². The summed E-state index contributed by atoms with van der Waals surface area (Å²) in [6, 6.07) is 5.72. The number of H-pyrrole nitrogens is 1. The molecule has 0 amide bonds. The van der Waals surface area contributed by atoms with Gasteiger partial charge in [0.05, 0.1) is 17.8 Å². The van der Waals surface area contributed by atoms with Crippen LogP contribution in [0.3, 0.4) is 0 Å². The lowest BCUT2D eigenvalue weighted by molar-refractivity contribution is 0.412. The fourth-order valence-corrected chi connectivity index (χ4v) is 2.32. The Morgan fingerprint density at radius 3 is 3.00 bits per heavy atom. The van der Waals surface area contributed by atoms with E-state index in [4.69, 9.17) is 17.0 Å². The van der Waals surface area contributed by atoms with Gasteiger partial charge in [-0.15, -0.1) is 0 Å². The topological polar surface area (TPSA) is 55.2 Å². The van der Waals surface area contributed by atoms with Gasteiger partial charge in [-0.05, 0) is 51.9 Å². The van der Waals surface area contributed by atoms with Crippen molar-refractivity contribution in [2.75, 3.05) is 7.11 Å². The fraction of sp³-hybridized carbons (Fsp3) is 0.250. The number of aromatic nitrogens is 3. The molecule has 1 heterocycles. The molecule has 0 aliphatic carbocycles. The third kappa shape index (κ3) is 3.10. The Bertz CT molecular complexity index is 662. The van der Waals surface area contributed by atoms with Crippen LogP contribution in [0.25, 0.3) is 0 Å². The molecule has 100 valence electrons. The maximum atomic E-state index is 5.18. The molecule has 5 nitrogen and oxygen atoms in total. The Labute approximate surface area is 124 Å². The highest BCUT2D eigenvalue weighted by Crippen LogP contribution is 2.24. The average Bonchev–Trinajstić information content (AvgIpc) is 2.77. The van der Waals surface area contributed by atoms with Crippen LogP contribution in [0.4, 0.5) is 0 Å². The van der Waals surface area contributed by atoms with Crippen molar-refractivity contribution in [2.45, 2.75) is 13.3 Å². The largest absolute Gasteiger partial charge is 0.496 e. The first-order valence-corrected chi connectivity index (χ1v) is 6.90. The van der Waals surface area contributed by atoms with E-state index in [0.717, 1.165) is 28.0 Å². The first-order chi connectivity index (χ1) is 9.15. The van der Waals surface area contributed by atoms with Gasteiger partial charge < -0.3 is 4.74 Å². The molecule has 0 saturated heterocycles. The van der Waals surface area contributed by atoms with Crippen molar-refractivity contribution < 1.29 is 4.74 Å². The van der Waals surface area contributed by atoms with Crippen LogP contribution in [-0.4, -0.2) is 28.2 Å². The number of methoxy groups -OCH3 is 1. The number of halogens is 1. The molecule has 0 aliphatic heterocycles. The number of rotatable bonds is 4. The number of aromatic amines is 1. The second-order valence-corrected chi connectivity index (χ2v) is 4.99. The van der Waals surface area contributed by atoms with Crippen molar-refractivity contribution in [3.8, 4) is 5.75 Å². The van der Waals surface area contributed by atoms with Gasteiger partial charge in [-0.2, -0.15) is 14.9 Å². The van der Waals surface area contributed by atoms with E-state index in [2.05, 4.69) is 31.2 Å². The second kappa shape index (κ2) is 6.12. The van der Waals surface area contributed by atoms with Gasteiger partial charge in [0.1, 0.15) is 5.75 Å². The highest BCUT2D eigenvalue weighted by molar-refractivity contribution is 9.10. The molecule has 1 aromatic carbocycles. The third-order valence-corrected chi connectivity index (χ3v) is 3.42. The minimum absolute atomic E-state index is 0.487. The first-order valence-electron chi connectivity index (χ1n) is 5.70. The number of ether oxygens (including phenoxy) is 1. The van der Waals surface area contributed by atoms with E-state index in [0.29, 0.717) is 4.77 Å². The fourth-order valence-electron chi connectivity index (χ4n) is 1.56. The van der Waals surface area contributed by atoms with Crippen LogP contribution in [-0.2, 0) is 6.42 Å². The van der Waals surface area contributed by atoms with E-state index >= 15 is 0 Å². The van der Waals surface area contributed by atoms with Crippen LogP contribution in [0.5, 0.6) is 5.75 Å². The van der Waals surface area contributed by atoms with E-state index in [1.54, 1.807) is 18.0 Å². The molecule has 0 spiro atoms. The summed E-state index contributed by atoms with van der Waals surface area (Å²) in [5, 5.41) is 11.2. The van der Waals surface area contributed by atoms with Crippen molar-refractivity contribution in [2.24, 2.45) is 5.10 Å². The molecule has 2 aromatic rings. The molecule has 1 aromatic heterocycles. The van der Waals surface area contributed by atoms with Gasteiger partial charge in [0.15, 0.2) is 5.82 Å². The SMILES string of the molecule is CCc1n[nH]c(=S)n1/N=C/c1ccc(OC)c(Br)c1. The van der Waals surface area contributed by atoms with Crippen molar-refractivity contribution in [3.63, 3.8) is 0 Å². The van der Waals surface area contributed by atoms with E-state index < -0.39 is 0 Å². The zero-order chi connectivity index (χ0) is 13.8. The molecule has 2 rings (SSSR count). The lowest BCUT2D eigenvalue weighted by Crippen LogP contribution is -1.97. The van der Waals surface area contributed by atoms with Crippen molar-refractivity contribution in [3.05, 3.63) is 38.8 Å². The number of nitrogens with one attached hydrogen (secondary N) is 1. The highest BCUT2D eigenvalue weighted by atomic mass is 79.9. The number of hydrogen-bond donors (Lipinski definition) is 1. The van der Waals surface area contributed by atoms with Gasteiger partial charge in [-0.25, -0.2) is 0 Å². The summed E-state index contributed by atoms with van der Waals surface area (Å²) in [5.74, 6) is 1.58. The minimum Gasteiger partial charge on any atom is -0.496 e. The Morgan fingerprint density at radius 1 is 1.58 bits per heavy atom. The predicted molar refractivity (Wildman–Crippen MR) is 80.5 cm³/mol. The summed E-state index contributed by atoms with van der Waals surface area (Å²) >= 11 is 8.56. The first kappa shape index (κ1) is 14.0. The number of benzene rings is 1. The van der Waals surface area contributed by atoms with Crippen LogP contribution in [0.1, 0.15) is 18.3 Å². The van der Waals surface area contributed by atoms with E-state index in [1.165, 1.54) is 0 Å². The summed E-state index contributed by atoms with van der Waals surface area (Å²) in [5.41, 5.74) is 0.942. The van der Waals surface area contributed by atoms with Crippen LogP contribution < -0.4 is 4.74 Å². The Balaban J connectivity index is 2.30. The monoisotopic (exact) mass is 340 g/mol. The summed E-state index contributed by atoms with van der Waals surface area (Å²) in [6.07, 6.45) is 2.49. The molecule has 0 atom stereocenters. The number of nitrogens with zero attached hydrogens (tertiary/aromatic N) is 3. The summed E-state index contributed by atoms with van der Waals surface area (Å²) in [7, 11) is 1.63. The van der Waals surface area contributed by atoms with Crippen LogP contribution in [0.15, 0.2) is 27.8 Å². The molecule has 0 fully saturated rings. The molecule has 7 heteroatoms. The Kier molecular flexibility index (Phi) is 4.49. The van der Waals surface area contributed by atoms with Crippen LogP contribution in [0, 0.1) is 4.77 Å². The summed E-state index contributed by atoms with van der Waals surface area (Å²) in [6.45, 7) is 2.00. The number of hydrogen-bond acceptors (Lipinski definition) is 4. The van der Waals surface area contributed by atoms with Crippen LogP contribution in [0.2, 0.25) is 0 Å². The molecule has 1 N–H and O–H groups in total. The van der Waals surface area contributed by atoms with Gasteiger partial charge in [0, 0.05) is 6.42 Å². The molecule has 0 radical (unpaired) electrons. The quantitative estimate of drug-likeness (QED) is 0.687. The van der Waals surface area contributed by atoms with E-state index in [-0.39, 0.29) is 0 Å². The zero-order valence-electron chi connectivity index (χ0n) is 10.6. The maximum absolute atomic E-state index is 5.18. The van der Waals surface area contributed by atoms with Crippen LogP contribution >= 0.6 is 28.1 Å². The summed E-state index contributed by atoms with van der Waals surface area (Å²) < 4.78 is 8.16. The average molecular weight is 341 g/mol. The number of aryl methyl sites for hydroxylation is 1. The van der Waals surface area contributed by atoms with Crippen molar-refractivity contribution >= 4 is 34.4 Å². The molecule has 0 bridgehead atoms. The van der Waals surface area contributed by atoms with Gasteiger partial charge in [0.25, 0.3) is 0 Å². The standard InChI is InChI=1S/C12H13BrN4OS/c1-3-11-15-16-12(19)17(11)14-7-8-4-5-10(18-2)9(13)6-8/h4-7H,3H2,1-2H3,(H,16,19)/b14-7+. The Morgan fingerprint density at radius 2 is 2.37 bits per heavy atom. The molecular formula is C12H13BrN4OS. The maximum Gasteiger partial charge on any atom is 0.216 e. The lowest BCUT2D eigenvalue weighted by atomic mass is 10.2. The third-order valence-electron chi connectivity index (χ3n) is 2.53. The molecule has 0 unspecified atom stereocenters. The van der Waals surface area contributed by atoms with E-state index in [9.17, 15) is 0 Å².